The molecule has 0 amide bonds. The molecule has 20 heavy (non-hydrogen) atoms. The van der Waals surface area contributed by atoms with Crippen molar-refractivity contribution in [3.05, 3.63) is 10.2 Å². The van der Waals surface area contributed by atoms with Crippen LogP contribution in [0.2, 0.25) is 0 Å². The van der Waals surface area contributed by atoms with Crippen LogP contribution in [-0.4, -0.2) is 28.9 Å². The van der Waals surface area contributed by atoms with Crippen LogP contribution in [0.1, 0.15) is 45.2 Å². The number of hydrogen-bond acceptors (Lipinski definition) is 4. The predicted octanol–water partition coefficient (Wildman–Crippen LogP) is 3.15. The van der Waals surface area contributed by atoms with E-state index in [-0.39, 0.29) is 11.9 Å². The molecule has 1 unspecified atom stereocenters. The van der Waals surface area contributed by atoms with Gasteiger partial charge in [0.15, 0.2) is 0 Å². The monoisotopic (exact) mass is 343 g/mol. The highest BCUT2D eigenvalue weighted by molar-refractivity contribution is 9.10. The van der Waals surface area contributed by atoms with Crippen molar-refractivity contribution in [1.82, 2.24) is 9.78 Å². The van der Waals surface area contributed by atoms with Crippen LogP contribution in [-0.2, 0) is 16.1 Å². The first-order chi connectivity index (χ1) is 9.62. The summed E-state index contributed by atoms with van der Waals surface area (Å²) in [6.45, 7) is 7.78. The molecule has 2 heterocycles. The Morgan fingerprint density at radius 1 is 1.50 bits per heavy atom. The van der Waals surface area contributed by atoms with Gasteiger partial charge in [-0.1, -0.05) is 13.8 Å². The summed E-state index contributed by atoms with van der Waals surface area (Å²) in [5, 5.41) is 7.98. The Morgan fingerprint density at radius 3 is 2.80 bits per heavy atom. The summed E-state index contributed by atoms with van der Waals surface area (Å²) in [7, 11) is 0. The Morgan fingerprint density at radius 2 is 2.20 bits per heavy atom. The van der Waals surface area contributed by atoms with Gasteiger partial charge in [0, 0.05) is 12.5 Å². The molecule has 1 atom stereocenters. The Balaban J connectivity index is 2.21. The molecule has 112 valence electrons. The molecule has 0 aliphatic carbocycles. The largest absolute Gasteiger partial charge is 0.466 e. The molecule has 1 aromatic heterocycles. The van der Waals surface area contributed by atoms with E-state index in [0.717, 1.165) is 28.8 Å². The van der Waals surface area contributed by atoms with Crippen LogP contribution >= 0.6 is 15.9 Å². The number of carbonyl (C=O) groups is 1. The molecular weight excluding hydrogens is 322 g/mol. The number of fused-ring (bicyclic) bond motifs is 1. The predicted molar refractivity (Wildman–Crippen MR) is 81.9 cm³/mol. The zero-order valence-electron chi connectivity index (χ0n) is 12.3. The molecule has 0 aromatic carbocycles. The summed E-state index contributed by atoms with van der Waals surface area (Å²) in [6.07, 6.45) is 2.12. The van der Waals surface area contributed by atoms with Crippen LogP contribution in [0.4, 0.5) is 5.82 Å². The Kier molecular flexibility index (Phi) is 5.07. The molecule has 6 heteroatoms. The minimum Gasteiger partial charge on any atom is -0.466 e. The van der Waals surface area contributed by atoms with Crippen molar-refractivity contribution in [3.63, 3.8) is 0 Å². The molecule has 5 nitrogen and oxygen atoms in total. The van der Waals surface area contributed by atoms with Gasteiger partial charge in [-0.25, -0.2) is 4.68 Å². The molecule has 0 bridgehead atoms. The average Bonchev–Trinajstić information content (AvgIpc) is 2.77. The van der Waals surface area contributed by atoms with Crippen LogP contribution in [0, 0.1) is 5.92 Å². The van der Waals surface area contributed by atoms with Crippen molar-refractivity contribution in [1.29, 1.82) is 0 Å². The third-order valence-electron chi connectivity index (χ3n) is 3.82. The number of nitrogens with zero attached hydrogens (tertiary/aromatic N) is 2. The number of esters is 1. The van der Waals surface area contributed by atoms with E-state index >= 15 is 0 Å². The summed E-state index contributed by atoms with van der Waals surface area (Å²) in [4.78, 5) is 11.8. The van der Waals surface area contributed by atoms with Crippen molar-refractivity contribution < 1.29 is 9.53 Å². The average molecular weight is 344 g/mol. The van der Waals surface area contributed by atoms with E-state index in [4.69, 9.17) is 4.74 Å². The second-order valence-electron chi connectivity index (χ2n) is 5.07. The number of halogens is 1. The van der Waals surface area contributed by atoms with E-state index in [1.54, 1.807) is 0 Å². The van der Waals surface area contributed by atoms with Gasteiger partial charge in [-0.2, -0.15) is 5.10 Å². The van der Waals surface area contributed by atoms with E-state index in [9.17, 15) is 4.79 Å². The van der Waals surface area contributed by atoms with Crippen molar-refractivity contribution >= 4 is 27.7 Å². The van der Waals surface area contributed by atoms with E-state index in [1.807, 2.05) is 11.6 Å². The molecular formula is C14H22BrN3O2. The standard InChI is InChI=1S/C14H22BrN3O2/c1-4-9(5-2)12-11(15)13-16-7-10(8-18(13)17-12)14(19)20-6-3/h9-10,16H,4-8H2,1-3H3. The van der Waals surface area contributed by atoms with Crippen molar-refractivity contribution in [2.45, 2.75) is 46.1 Å². The molecule has 0 saturated carbocycles. The van der Waals surface area contributed by atoms with Gasteiger partial charge in [-0.15, -0.1) is 0 Å². The molecule has 1 aliphatic rings. The minimum atomic E-state index is -0.163. The minimum absolute atomic E-state index is 0.152. The van der Waals surface area contributed by atoms with E-state index in [0.29, 0.717) is 25.6 Å². The maximum atomic E-state index is 11.8. The fourth-order valence-corrected chi connectivity index (χ4v) is 3.35. The SMILES string of the molecule is CCOC(=O)C1CNc2c(Br)c(C(CC)CC)nn2C1. The number of ether oxygens (including phenoxy) is 1. The summed E-state index contributed by atoms with van der Waals surface area (Å²) in [5.74, 6) is 1.11. The normalized spacial score (nSPS) is 17.8. The lowest BCUT2D eigenvalue weighted by Gasteiger charge is -2.23. The van der Waals surface area contributed by atoms with Gasteiger partial charge in [0.2, 0.25) is 0 Å². The third kappa shape index (κ3) is 2.85. The third-order valence-corrected chi connectivity index (χ3v) is 4.60. The van der Waals surface area contributed by atoms with Gasteiger partial charge in [-0.05, 0) is 35.7 Å². The molecule has 0 saturated heterocycles. The Hall–Kier alpha value is -1.04. The van der Waals surface area contributed by atoms with Gasteiger partial charge in [0.1, 0.15) is 5.82 Å². The molecule has 0 fully saturated rings. The van der Waals surface area contributed by atoms with Crippen LogP contribution in [0.15, 0.2) is 4.47 Å². The van der Waals surface area contributed by atoms with Gasteiger partial charge >= 0.3 is 5.97 Å². The van der Waals surface area contributed by atoms with E-state index < -0.39 is 0 Å². The van der Waals surface area contributed by atoms with Gasteiger partial charge < -0.3 is 10.1 Å². The number of anilines is 1. The summed E-state index contributed by atoms with van der Waals surface area (Å²) < 4.78 is 8.02. The summed E-state index contributed by atoms with van der Waals surface area (Å²) >= 11 is 3.64. The lowest BCUT2D eigenvalue weighted by atomic mass is 10.00. The number of nitrogens with one attached hydrogen (secondary N) is 1. The zero-order chi connectivity index (χ0) is 14.7. The number of aromatic nitrogens is 2. The van der Waals surface area contributed by atoms with E-state index in [1.165, 1.54) is 0 Å². The second-order valence-corrected chi connectivity index (χ2v) is 5.87. The van der Waals surface area contributed by atoms with Crippen molar-refractivity contribution in [3.8, 4) is 0 Å². The first-order valence-corrected chi connectivity index (χ1v) is 8.08. The molecule has 1 N–H and O–H groups in total. The van der Waals surface area contributed by atoms with E-state index in [2.05, 4.69) is 40.2 Å². The Bertz CT molecular complexity index is 483. The fourth-order valence-electron chi connectivity index (χ4n) is 2.61. The molecule has 1 aliphatic heterocycles. The first-order valence-electron chi connectivity index (χ1n) is 7.28. The Labute approximate surface area is 128 Å². The highest BCUT2D eigenvalue weighted by Gasteiger charge is 2.30. The van der Waals surface area contributed by atoms with Crippen LogP contribution in [0.3, 0.4) is 0 Å². The van der Waals surface area contributed by atoms with Crippen LogP contribution in [0.25, 0.3) is 0 Å². The highest BCUT2D eigenvalue weighted by Crippen LogP contribution is 2.36. The molecule has 0 radical (unpaired) electrons. The van der Waals surface area contributed by atoms with Crippen molar-refractivity contribution in [2.24, 2.45) is 5.92 Å². The summed E-state index contributed by atoms with van der Waals surface area (Å²) in [6, 6.07) is 0. The molecule has 2 rings (SSSR count). The smallest absolute Gasteiger partial charge is 0.312 e. The van der Waals surface area contributed by atoms with Crippen LogP contribution < -0.4 is 5.32 Å². The first kappa shape index (κ1) is 15.4. The van der Waals surface area contributed by atoms with Gasteiger partial charge in [0.05, 0.1) is 29.2 Å². The number of hydrogen-bond donors (Lipinski definition) is 1. The number of carbonyl (C=O) groups excluding carboxylic acids is 1. The molecule has 0 spiro atoms. The maximum Gasteiger partial charge on any atom is 0.312 e. The van der Waals surface area contributed by atoms with Gasteiger partial charge in [0.25, 0.3) is 0 Å². The van der Waals surface area contributed by atoms with Gasteiger partial charge in [-0.3, -0.25) is 4.79 Å². The summed E-state index contributed by atoms with van der Waals surface area (Å²) in [5.41, 5.74) is 1.09. The van der Waals surface area contributed by atoms with Crippen LogP contribution in [0.5, 0.6) is 0 Å². The van der Waals surface area contributed by atoms with Crippen molar-refractivity contribution in [2.75, 3.05) is 18.5 Å². The topological polar surface area (TPSA) is 56.1 Å². The zero-order valence-corrected chi connectivity index (χ0v) is 13.9. The lowest BCUT2D eigenvalue weighted by Crippen LogP contribution is -2.34. The quantitative estimate of drug-likeness (QED) is 0.834. The second kappa shape index (κ2) is 6.61. The highest BCUT2D eigenvalue weighted by atomic mass is 79.9. The fraction of sp³-hybridized carbons (Fsp3) is 0.714. The lowest BCUT2D eigenvalue weighted by molar-refractivity contribution is -0.148. The molecule has 1 aromatic rings. The number of rotatable bonds is 5. The maximum absolute atomic E-state index is 11.8.